The van der Waals surface area contributed by atoms with Crippen molar-refractivity contribution in [2.24, 2.45) is 0 Å². The molecule has 0 spiro atoms. The van der Waals surface area contributed by atoms with E-state index in [9.17, 15) is 9.59 Å². The molecule has 0 aromatic rings. The largest absolute Gasteiger partial charge is 0.468 e. The van der Waals surface area contributed by atoms with Gasteiger partial charge in [0.2, 0.25) is 0 Å². The molecule has 0 amide bonds. The Bertz CT molecular complexity index is 296. The molecule has 0 aromatic carbocycles. The topological polar surface area (TPSA) is 71.1 Å². The normalized spacial score (nSPS) is 26.5. The van der Waals surface area contributed by atoms with Gasteiger partial charge in [-0.05, 0) is 0 Å². The number of thioether (sulfide) groups is 2. The second kappa shape index (κ2) is 7.98. The summed E-state index contributed by atoms with van der Waals surface area (Å²) in [6.07, 6.45) is 0.211. The first kappa shape index (κ1) is 16.6. The fourth-order valence-electron chi connectivity index (χ4n) is 1.65. The van der Waals surface area contributed by atoms with Gasteiger partial charge >= 0.3 is 11.9 Å². The molecule has 1 rings (SSSR count). The highest BCUT2D eigenvalue weighted by Gasteiger charge is 2.46. The lowest BCUT2D eigenvalue weighted by atomic mass is 10.3. The van der Waals surface area contributed by atoms with Crippen molar-refractivity contribution in [3.63, 3.8) is 0 Å². The molecule has 0 saturated carbocycles. The molecular formula is C11H18O6S2. The lowest BCUT2D eigenvalue weighted by Gasteiger charge is -2.16. The number of carbonyl (C=O) groups is 2. The first-order chi connectivity index (χ1) is 9.07. The van der Waals surface area contributed by atoms with Crippen LogP contribution in [0, 0.1) is 0 Å². The number of ether oxygens (including phenoxy) is 4. The van der Waals surface area contributed by atoms with Crippen molar-refractivity contribution in [1.29, 1.82) is 0 Å². The molecular weight excluding hydrogens is 292 g/mol. The van der Waals surface area contributed by atoms with E-state index >= 15 is 0 Å². The van der Waals surface area contributed by atoms with Crippen LogP contribution in [0.5, 0.6) is 0 Å². The maximum Gasteiger partial charge on any atom is 0.320 e. The van der Waals surface area contributed by atoms with Crippen LogP contribution < -0.4 is 0 Å². The lowest BCUT2D eigenvalue weighted by molar-refractivity contribution is -0.145. The molecule has 2 unspecified atom stereocenters. The number of hydrogen-bond acceptors (Lipinski definition) is 8. The SMILES string of the molecule is COC(=O)C1SC(CC(OC)OC)SC1C(=O)OC. The van der Waals surface area contributed by atoms with Gasteiger partial charge < -0.3 is 18.9 Å². The summed E-state index contributed by atoms with van der Waals surface area (Å²) in [4.78, 5) is 23.4. The highest BCUT2D eigenvalue weighted by Crippen LogP contribution is 2.46. The zero-order chi connectivity index (χ0) is 14.4. The van der Waals surface area contributed by atoms with E-state index in [1.54, 1.807) is 14.2 Å². The minimum absolute atomic E-state index is 0.0121. The zero-order valence-corrected chi connectivity index (χ0v) is 12.9. The van der Waals surface area contributed by atoms with E-state index in [1.807, 2.05) is 0 Å². The summed E-state index contributed by atoms with van der Waals surface area (Å²) in [6.45, 7) is 0. The molecule has 0 aliphatic carbocycles. The van der Waals surface area contributed by atoms with Gasteiger partial charge in [-0.1, -0.05) is 0 Å². The predicted octanol–water partition coefficient (Wildman–Crippen LogP) is 0.885. The average Bonchev–Trinajstić information content (AvgIpc) is 2.86. The van der Waals surface area contributed by atoms with Crippen LogP contribution >= 0.6 is 23.5 Å². The van der Waals surface area contributed by atoms with Crippen molar-refractivity contribution in [2.75, 3.05) is 28.4 Å². The third kappa shape index (κ3) is 4.27. The van der Waals surface area contributed by atoms with Crippen LogP contribution in [0.15, 0.2) is 0 Å². The summed E-state index contributed by atoms with van der Waals surface area (Å²) < 4.78 is 19.7. The molecule has 0 radical (unpaired) electrons. The van der Waals surface area contributed by atoms with E-state index < -0.39 is 22.4 Å². The van der Waals surface area contributed by atoms with Crippen LogP contribution in [0.2, 0.25) is 0 Å². The summed E-state index contributed by atoms with van der Waals surface area (Å²) in [6, 6.07) is 0. The number of hydrogen-bond donors (Lipinski definition) is 0. The van der Waals surface area contributed by atoms with Crippen LogP contribution in [-0.4, -0.2) is 61.7 Å². The Balaban J connectivity index is 2.70. The molecule has 0 bridgehead atoms. The molecule has 0 aromatic heterocycles. The summed E-state index contributed by atoms with van der Waals surface area (Å²) in [5.74, 6) is -0.830. The fraction of sp³-hybridized carbons (Fsp3) is 0.818. The highest BCUT2D eigenvalue weighted by atomic mass is 32.2. The van der Waals surface area contributed by atoms with E-state index in [2.05, 4.69) is 0 Å². The molecule has 19 heavy (non-hydrogen) atoms. The first-order valence-corrected chi connectivity index (χ1v) is 7.48. The van der Waals surface area contributed by atoms with Gasteiger partial charge in [0.1, 0.15) is 10.5 Å². The standard InChI is InChI=1S/C11H18O6S2/c1-14-6(15-2)5-7-18-8(10(12)16-3)9(19-7)11(13)17-4/h6-9H,5H2,1-4H3. The third-order valence-corrected chi connectivity index (χ3v) is 6.00. The molecule has 1 saturated heterocycles. The smallest absolute Gasteiger partial charge is 0.320 e. The van der Waals surface area contributed by atoms with Gasteiger partial charge in [-0.15, -0.1) is 23.5 Å². The van der Waals surface area contributed by atoms with Gasteiger partial charge in [-0.2, -0.15) is 0 Å². The van der Waals surface area contributed by atoms with Gasteiger partial charge in [0, 0.05) is 20.6 Å². The van der Waals surface area contributed by atoms with Crippen LogP contribution in [0.3, 0.4) is 0 Å². The Kier molecular flexibility index (Phi) is 6.98. The zero-order valence-electron chi connectivity index (χ0n) is 11.3. The van der Waals surface area contributed by atoms with Crippen LogP contribution in [-0.2, 0) is 28.5 Å². The summed E-state index contributed by atoms with van der Waals surface area (Å²) >= 11 is 2.76. The third-order valence-electron chi connectivity index (χ3n) is 2.65. The van der Waals surface area contributed by atoms with Gasteiger partial charge in [0.05, 0.1) is 18.8 Å². The van der Waals surface area contributed by atoms with Crippen molar-refractivity contribution in [3.8, 4) is 0 Å². The molecule has 1 fully saturated rings. The number of rotatable bonds is 6. The molecule has 1 aliphatic heterocycles. The Labute approximate surface area is 120 Å². The molecule has 110 valence electrons. The van der Waals surface area contributed by atoms with E-state index in [1.165, 1.54) is 37.7 Å². The molecule has 6 nitrogen and oxygen atoms in total. The molecule has 1 heterocycles. The fourth-order valence-corrected chi connectivity index (χ4v) is 5.12. The average molecular weight is 310 g/mol. The maximum atomic E-state index is 11.7. The molecule has 1 aliphatic rings. The Morgan fingerprint density at radius 3 is 1.68 bits per heavy atom. The monoisotopic (exact) mass is 310 g/mol. The Morgan fingerprint density at radius 2 is 1.37 bits per heavy atom. The first-order valence-electron chi connectivity index (χ1n) is 5.59. The maximum absolute atomic E-state index is 11.7. The summed E-state index contributed by atoms with van der Waals surface area (Å²) in [7, 11) is 5.72. The number of carbonyl (C=O) groups excluding carboxylic acids is 2. The number of esters is 2. The Morgan fingerprint density at radius 1 is 0.947 bits per heavy atom. The van der Waals surface area contributed by atoms with Crippen LogP contribution in [0.25, 0.3) is 0 Å². The van der Waals surface area contributed by atoms with Gasteiger partial charge in [-0.3, -0.25) is 9.59 Å². The molecule has 0 N–H and O–H groups in total. The second-order valence-corrected chi connectivity index (χ2v) is 6.72. The minimum atomic E-state index is -0.554. The summed E-state index contributed by atoms with van der Waals surface area (Å²) in [5.41, 5.74) is 0. The van der Waals surface area contributed by atoms with Crippen LogP contribution in [0.1, 0.15) is 6.42 Å². The van der Waals surface area contributed by atoms with Gasteiger partial charge in [-0.25, -0.2) is 0 Å². The predicted molar refractivity (Wildman–Crippen MR) is 73.0 cm³/mol. The van der Waals surface area contributed by atoms with E-state index in [0.717, 1.165) is 0 Å². The van der Waals surface area contributed by atoms with Crippen molar-refractivity contribution < 1.29 is 28.5 Å². The van der Waals surface area contributed by atoms with Gasteiger partial charge in [0.15, 0.2) is 6.29 Å². The van der Waals surface area contributed by atoms with Crippen molar-refractivity contribution in [2.45, 2.75) is 27.8 Å². The second-order valence-electron chi connectivity index (χ2n) is 3.73. The highest BCUT2D eigenvalue weighted by molar-refractivity contribution is 8.21. The van der Waals surface area contributed by atoms with Crippen molar-refractivity contribution in [3.05, 3.63) is 0 Å². The van der Waals surface area contributed by atoms with Crippen molar-refractivity contribution in [1.82, 2.24) is 0 Å². The van der Waals surface area contributed by atoms with E-state index in [4.69, 9.17) is 18.9 Å². The lowest BCUT2D eigenvalue weighted by Crippen LogP contribution is -2.33. The summed E-state index contributed by atoms with van der Waals surface area (Å²) in [5, 5.41) is -1.11. The van der Waals surface area contributed by atoms with Gasteiger partial charge in [0.25, 0.3) is 0 Å². The quantitative estimate of drug-likeness (QED) is 0.529. The van der Waals surface area contributed by atoms with E-state index in [-0.39, 0.29) is 10.9 Å². The van der Waals surface area contributed by atoms with Crippen LogP contribution in [0.4, 0.5) is 0 Å². The molecule has 2 atom stereocenters. The number of methoxy groups -OCH3 is 4. The molecule has 8 heteroatoms. The van der Waals surface area contributed by atoms with Crippen molar-refractivity contribution >= 4 is 35.5 Å². The van der Waals surface area contributed by atoms with E-state index in [0.29, 0.717) is 6.42 Å². The minimum Gasteiger partial charge on any atom is -0.468 e. The Hall–Kier alpha value is -0.440.